The number of esters is 1. The maximum atomic E-state index is 13.1. The van der Waals surface area contributed by atoms with Crippen LogP contribution < -0.4 is 15.5 Å². The number of thiophene rings is 1. The van der Waals surface area contributed by atoms with E-state index < -0.39 is 23.7 Å². The van der Waals surface area contributed by atoms with Crippen molar-refractivity contribution in [1.82, 2.24) is 20.3 Å². The van der Waals surface area contributed by atoms with Crippen LogP contribution in [0.15, 0.2) is 71.7 Å². The van der Waals surface area contributed by atoms with Crippen LogP contribution in [0.4, 0.5) is 16.4 Å². The highest BCUT2D eigenvalue weighted by Crippen LogP contribution is 2.31. The number of rotatable bonds is 12. The summed E-state index contributed by atoms with van der Waals surface area (Å²) < 4.78 is 11.0. The first kappa shape index (κ1) is 33.8. The number of ether oxygens (including phenoxy) is 2. The SMILES string of the molecule is Cc1c(CCC(NC(=O)OCc2ccccc2)C(=O)OC(C)(C)C)ncnc1N1CCC(c2cccc(NCc3ccsc3)n2)CC1. The predicted molar refractivity (Wildman–Crippen MR) is 185 cm³/mol. The normalized spacial score (nSPS) is 14.3. The van der Waals surface area contributed by atoms with Gasteiger partial charge < -0.3 is 25.0 Å². The lowest BCUT2D eigenvalue weighted by atomic mass is 9.92. The Bertz CT molecular complexity index is 1600. The van der Waals surface area contributed by atoms with E-state index in [1.54, 1.807) is 38.4 Å². The molecule has 4 heterocycles. The number of amides is 1. The predicted octanol–water partition coefficient (Wildman–Crippen LogP) is 6.81. The zero-order chi connectivity index (χ0) is 33.2. The average molecular weight is 657 g/mol. The van der Waals surface area contributed by atoms with Crippen LogP contribution in [-0.2, 0) is 33.8 Å². The minimum atomic E-state index is -0.894. The van der Waals surface area contributed by atoms with Crippen molar-refractivity contribution in [3.63, 3.8) is 0 Å². The van der Waals surface area contributed by atoms with Crippen molar-refractivity contribution in [2.24, 2.45) is 0 Å². The summed E-state index contributed by atoms with van der Waals surface area (Å²) in [5, 5.41) is 10.4. The summed E-state index contributed by atoms with van der Waals surface area (Å²) in [5.41, 5.74) is 4.33. The Morgan fingerprint density at radius 1 is 1.02 bits per heavy atom. The van der Waals surface area contributed by atoms with Gasteiger partial charge in [-0.05, 0) is 93.5 Å². The second-order valence-corrected chi connectivity index (χ2v) is 13.6. The van der Waals surface area contributed by atoms with Crippen molar-refractivity contribution in [2.75, 3.05) is 23.3 Å². The van der Waals surface area contributed by atoms with Crippen LogP contribution in [0.1, 0.15) is 74.0 Å². The molecule has 2 N–H and O–H groups in total. The van der Waals surface area contributed by atoms with Crippen LogP contribution in [-0.4, -0.2) is 51.7 Å². The third-order valence-corrected chi connectivity index (χ3v) is 8.80. The fourth-order valence-electron chi connectivity index (χ4n) is 5.61. The second-order valence-electron chi connectivity index (χ2n) is 12.8. The van der Waals surface area contributed by atoms with Gasteiger partial charge in [-0.15, -0.1) is 0 Å². The van der Waals surface area contributed by atoms with Gasteiger partial charge >= 0.3 is 12.1 Å². The molecule has 0 radical (unpaired) electrons. The lowest BCUT2D eigenvalue weighted by Gasteiger charge is -2.33. The van der Waals surface area contributed by atoms with Crippen LogP contribution in [0.3, 0.4) is 0 Å². The molecule has 47 heavy (non-hydrogen) atoms. The van der Waals surface area contributed by atoms with Crippen LogP contribution in [0.2, 0.25) is 0 Å². The van der Waals surface area contributed by atoms with Crippen molar-refractivity contribution in [2.45, 2.75) is 84.1 Å². The number of aromatic nitrogens is 3. The summed E-state index contributed by atoms with van der Waals surface area (Å²) in [6, 6.07) is 16.8. The Balaban J connectivity index is 1.18. The summed E-state index contributed by atoms with van der Waals surface area (Å²) in [6.07, 6.45) is 3.60. The number of anilines is 2. The first-order chi connectivity index (χ1) is 22.6. The maximum Gasteiger partial charge on any atom is 0.408 e. The highest BCUT2D eigenvalue weighted by atomic mass is 32.1. The standard InChI is InChI=1S/C36H44N6O4S/c1-25-29(13-14-31(34(43)46-36(2,3)4)41-35(44)45-22-26-9-6-5-7-10-26)38-24-39-33(25)42-18-15-28(16-19-42)30-11-8-12-32(40-30)37-21-27-17-20-47-23-27/h5-12,17,20,23-24,28,31H,13-16,18-19,21-22H2,1-4H3,(H,37,40)(H,41,44). The largest absolute Gasteiger partial charge is 0.458 e. The molecule has 5 rings (SSSR count). The molecule has 0 aliphatic carbocycles. The maximum absolute atomic E-state index is 13.1. The molecule has 0 spiro atoms. The van der Waals surface area contributed by atoms with E-state index in [1.807, 2.05) is 43.3 Å². The van der Waals surface area contributed by atoms with Crippen LogP contribution >= 0.6 is 11.3 Å². The second kappa shape index (κ2) is 15.9. The smallest absolute Gasteiger partial charge is 0.408 e. The Kier molecular flexibility index (Phi) is 11.4. The van der Waals surface area contributed by atoms with Gasteiger partial charge in [-0.3, -0.25) is 0 Å². The fourth-order valence-corrected chi connectivity index (χ4v) is 6.28. The number of nitrogens with zero attached hydrogens (tertiary/aromatic N) is 4. The number of carbonyl (C=O) groups excluding carboxylic acids is 2. The number of piperidine rings is 1. The molecule has 3 aromatic heterocycles. The van der Waals surface area contributed by atoms with Crippen LogP contribution in [0.5, 0.6) is 0 Å². The molecule has 11 heteroatoms. The molecular formula is C36H44N6O4S. The summed E-state index contributed by atoms with van der Waals surface area (Å²) in [7, 11) is 0. The Labute approximate surface area is 281 Å². The van der Waals surface area contributed by atoms with Crippen molar-refractivity contribution >= 4 is 35.0 Å². The van der Waals surface area contributed by atoms with Crippen molar-refractivity contribution in [3.05, 3.63) is 99.8 Å². The lowest BCUT2D eigenvalue weighted by molar-refractivity contribution is -0.157. The molecule has 1 aromatic carbocycles. The lowest BCUT2D eigenvalue weighted by Crippen LogP contribution is -2.44. The molecule has 1 aliphatic rings. The number of benzene rings is 1. The summed E-state index contributed by atoms with van der Waals surface area (Å²) in [4.78, 5) is 42.2. The quantitative estimate of drug-likeness (QED) is 0.159. The van der Waals surface area contributed by atoms with E-state index in [0.717, 1.165) is 66.6 Å². The third kappa shape index (κ3) is 9.99. The van der Waals surface area contributed by atoms with Gasteiger partial charge in [0, 0.05) is 42.5 Å². The molecule has 1 saturated heterocycles. The van der Waals surface area contributed by atoms with Crippen molar-refractivity contribution in [1.29, 1.82) is 0 Å². The average Bonchev–Trinajstić information content (AvgIpc) is 3.59. The minimum Gasteiger partial charge on any atom is -0.458 e. The Morgan fingerprint density at radius 3 is 2.53 bits per heavy atom. The molecule has 0 saturated carbocycles. The molecule has 1 fully saturated rings. The zero-order valence-corrected chi connectivity index (χ0v) is 28.4. The van der Waals surface area contributed by atoms with Crippen LogP contribution in [0.25, 0.3) is 0 Å². The molecule has 4 aromatic rings. The van der Waals surface area contributed by atoms with Gasteiger partial charge in [-0.2, -0.15) is 11.3 Å². The molecule has 0 bridgehead atoms. The monoisotopic (exact) mass is 656 g/mol. The number of hydrogen-bond acceptors (Lipinski definition) is 10. The third-order valence-electron chi connectivity index (χ3n) is 8.06. The zero-order valence-electron chi connectivity index (χ0n) is 27.6. The summed E-state index contributed by atoms with van der Waals surface area (Å²) in [6.45, 7) is 10.00. The highest BCUT2D eigenvalue weighted by Gasteiger charge is 2.29. The van der Waals surface area contributed by atoms with Gasteiger partial charge in [0.2, 0.25) is 0 Å². The minimum absolute atomic E-state index is 0.104. The molecule has 1 amide bonds. The van der Waals surface area contributed by atoms with Gasteiger partial charge in [0.05, 0.1) is 0 Å². The van der Waals surface area contributed by atoms with Gasteiger partial charge in [-0.1, -0.05) is 36.4 Å². The Morgan fingerprint density at radius 2 is 1.81 bits per heavy atom. The number of alkyl carbamates (subject to hydrolysis) is 1. The van der Waals surface area contributed by atoms with Gasteiger partial charge in [0.1, 0.15) is 36.2 Å². The Hall–Kier alpha value is -4.51. The van der Waals surface area contributed by atoms with E-state index in [2.05, 4.69) is 54.5 Å². The van der Waals surface area contributed by atoms with Gasteiger partial charge in [-0.25, -0.2) is 24.5 Å². The van der Waals surface area contributed by atoms with Gasteiger partial charge in [0.15, 0.2) is 0 Å². The van der Waals surface area contributed by atoms with Crippen molar-refractivity contribution < 1.29 is 19.1 Å². The molecule has 248 valence electrons. The number of hydrogen-bond donors (Lipinski definition) is 2. The van der Waals surface area contributed by atoms with E-state index in [0.29, 0.717) is 18.8 Å². The highest BCUT2D eigenvalue weighted by molar-refractivity contribution is 7.07. The van der Waals surface area contributed by atoms with E-state index >= 15 is 0 Å². The molecule has 10 nitrogen and oxygen atoms in total. The molecule has 1 unspecified atom stereocenters. The fraction of sp³-hybridized carbons (Fsp3) is 0.417. The van der Waals surface area contributed by atoms with E-state index in [1.165, 1.54) is 5.56 Å². The van der Waals surface area contributed by atoms with E-state index in [9.17, 15) is 9.59 Å². The van der Waals surface area contributed by atoms with E-state index in [-0.39, 0.29) is 6.61 Å². The van der Waals surface area contributed by atoms with E-state index in [4.69, 9.17) is 14.5 Å². The first-order valence-electron chi connectivity index (χ1n) is 16.1. The van der Waals surface area contributed by atoms with Crippen LogP contribution in [0, 0.1) is 6.92 Å². The molecular weight excluding hydrogens is 613 g/mol. The summed E-state index contributed by atoms with van der Waals surface area (Å²) in [5.74, 6) is 1.66. The number of pyridine rings is 1. The first-order valence-corrected chi connectivity index (χ1v) is 17.1. The molecule has 1 aliphatic heterocycles. The molecule has 1 atom stereocenters. The number of nitrogens with one attached hydrogen (secondary N) is 2. The summed E-state index contributed by atoms with van der Waals surface area (Å²) >= 11 is 1.70. The number of carbonyl (C=O) groups is 2. The number of aryl methyl sites for hydroxylation is 1. The topological polar surface area (TPSA) is 119 Å². The van der Waals surface area contributed by atoms with Crippen molar-refractivity contribution in [3.8, 4) is 0 Å². The van der Waals surface area contributed by atoms with Gasteiger partial charge in [0.25, 0.3) is 0 Å².